The van der Waals surface area contributed by atoms with E-state index < -0.39 is 0 Å². The van der Waals surface area contributed by atoms with Gasteiger partial charge in [-0.2, -0.15) is 0 Å². The summed E-state index contributed by atoms with van der Waals surface area (Å²) in [7, 11) is 1.64. The third-order valence-corrected chi connectivity index (χ3v) is 3.20. The Hall–Kier alpha value is -1.55. The van der Waals surface area contributed by atoms with Gasteiger partial charge in [0.2, 0.25) is 0 Å². The number of methoxy groups -OCH3 is 1. The lowest BCUT2D eigenvalue weighted by atomic mass is 10.2. The van der Waals surface area contributed by atoms with Gasteiger partial charge in [-0.3, -0.25) is 4.79 Å². The molecule has 0 N–H and O–H groups in total. The highest BCUT2D eigenvalue weighted by molar-refractivity contribution is 5.77. The monoisotopic (exact) mass is 293 g/mol. The number of carbonyl (C=O) groups excluding carboxylic acids is 1. The molecule has 0 radical (unpaired) electrons. The minimum Gasteiger partial charge on any atom is -0.484 e. The smallest absolute Gasteiger partial charge is 0.260 e. The average Bonchev–Trinajstić information content (AvgIpc) is 2.49. The second kappa shape index (κ2) is 9.40. The van der Waals surface area contributed by atoms with E-state index in [1.54, 1.807) is 12.0 Å². The Morgan fingerprint density at radius 1 is 1.24 bits per heavy atom. The van der Waals surface area contributed by atoms with E-state index >= 15 is 0 Å². The van der Waals surface area contributed by atoms with Gasteiger partial charge in [0.05, 0.1) is 6.61 Å². The number of carbonyl (C=O) groups is 1. The third-order valence-electron chi connectivity index (χ3n) is 3.20. The van der Waals surface area contributed by atoms with Crippen LogP contribution in [0.4, 0.5) is 0 Å². The highest BCUT2D eigenvalue weighted by atomic mass is 16.5. The summed E-state index contributed by atoms with van der Waals surface area (Å²) < 4.78 is 10.6. The molecule has 0 atom stereocenters. The zero-order valence-corrected chi connectivity index (χ0v) is 13.6. The fourth-order valence-electron chi connectivity index (χ4n) is 2.02. The van der Waals surface area contributed by atoms with Gasteiger partial charge in [-0.25, -0.2) is 0 Å². The molecule has 0 saturated heterocycles. The van der Waals surface area contributed by atoms with E-state index in [2.05, 4.69) is 20.8 Å². The van der Waals surface area contributed by atoms with Crippen molar-refractivity contribution in [1.82, 2.24) is 4.90 Å². The summed E-state index contributed by atoms with van der Waals surface area (Å²) in [6, 6.07) is 7.87. The second-order valence-electron chi connectivity index (χ2n) is 5.51. The predicted octanol–water partition coefficient (Wildman–Crippen LogP) is 2.76. The summed E-state index contributed by atoms with van der Waals surface area (Å²) in [6.45, 7) is 8.24. The van der Waals surface area contributed by atoms with E-state index in [0.29, 0.717) is 19.1 Å². The molecule has 0 aliphatic carbocycles. The highest BCUT2D eigenvalue weighted by Gasteiger charge is 2.15. The van der Waals surface area contributed by atoms with Crippen LogP contribution in [0.1, 0.15) is 26.3 Å². The number of nitrogens with zero attached hydrogens (tertiary/aromatic N) is 1. The van der Waals surface area contributed by atoms with Crippen molar-refractivity contribution >= 4 is 5.91 Å². The van der Waals surface area contributed by atoms with E-state index in [1.807, 2.05) is 24.3 Å². The first-order valence-corrected chi connectivity index (χ1v) is 7.55. The SMILES string of the molecule is CCc1ccc(OCC(=O)N(CCOC)CC(C)C)cc1. The normalized spacial score (nSPS) is 10.7. The van der Waals surface area contributed by atoms with Crippen LogP contribution in [0.3, 0.4) is 0 Å². The molecule has 21 heavy (non-hydrogen) atoms. The standard InChI is InChI=1S/C17H27NO3/c1-5-15-6-8-16(9-7-15)21-13-17(19)18(10-11-20-4)12-14(2)3/h6-9,14H,5,10-13H2,1-4H3. The summed E-state index contributed by atoms with van der Waals surface area (Å²) in [5.74, 6) is 1.16. The van der Waals surface area contributed by atoms with Crippen molar-refractivity contribution in [3.05, 3.63) is 29.8 Å². The minimum atomic E-state index is 0.000294. The van der Waals surface area contributed by atoms with E-state index in [4.69, 9.17) is 9.47 Å². The van der Waals surface area contributed by atoms with Crippen LogP contribution in [0.25, 0.3) is 0 Å². The summed E-state index contributed by atoms with van der Waals surface area (Å²) in [6.07, 6.45) is 0.998. The number of rotatable bonds is 9. The summed E-state index contributed by atoms with van der Waals surface area (Å²) in [4.78, 5) is 14.0. The molecule has 0 unspecified atom stereocenters. The fourth-order valence-corrected chi connectivity index (χ4v) is 2.02. The van der Waals surface area contributed by atoms with Crippen LogP contribution in [0.2, 0.25) is 0 Å². The molecule has 0 aliphatic heterocycles. The average molecular weight is 293 g/mol. The molecule has 1 aromatic rings. The molecule has 0 bridgehead atoms. The molecule has 4 heteroatoms. The molecule has 0 heterocycles. The first kappa shape index (κ1) is 17.5. The number of hydrogen-bond donors (Lipinski definition) is 0. The van der Waals surface area contributed by atoms with Crippen LogP contribution in [0.5, 0.6) is 5.75 Å². The second-order valence-corrected chi connectivity index (χ2v) is 5.51. The largest absolute Gasteiger partial charge is 0.484 e. The van der Waals surface area contributed by atoms with Crippen molar-refractivity contribution in [1.29, 1.82) is 0 Å². The van der Waals surface area contributed by atoms with Gasteiger partial charge < -0.3 is 14.4 Å². The van der Waals surface area contributed by atoms with Crippen LogP contribution in [-0.2, 0) is 16.0 Å². The van der Waals surface area contributed by atoms with Crippen LogP contribution in [0.15, 0.2) is 24.3 Å². The molecule has 4 nitrogen and oxygen atoms in total. The van der Waals surface area contributed by atoms with Crippen molar-refractivity contribution in [2.24, 2.45) is 5.92 Å². The van der Waals surface area contributed by atoms with Gasteiger partial charge in [-0.15, -0.1) is 0 Å². The Bertz CT molecular complexity index is 415. The lowest BCUT2D eigenvalue weighted by Gasteiger charge is -2.24. The van der Waals surface area contributed by atoms with Crippen molar-refractivity contribution in [3.8, 4) is 5.75 Å². The van der Waals surface area contributed by atoms with Crippen molar-refractivity contribution in [2.45, 2.75) is 27.2 Å². The Morgan fingerprint density at radius 2 is 1.90 bits per heavy atom. The number of benzene rings is 1. The third kappa shape index (κ3) is 6.63. The molecular weight excluding hydrogens is 266 g/mol. The predicted molar refractivity (Wildman–Crippen MR) is 84.6 cm³/mol. The molecule has 0 aliphatic rings. The van der Waals surface area contributed by atoms with Gasteiger partial charge >= 0.3 is 0 Å². The number of amides is 1. The van der Waals surface area contributed by atoms with Gasteiger partial charge in [-0.1, -0.05) is 32.9 Å². The maximum absolute atomic E-state index is 12.2. The Balaban J connectivity index is 2.50. The molecule has 0 spiro atoms. The van der Waals surface area contributed by atoms with Crippen LogP contribution >= 0.6 is 0 Å². The molecule has 1 amide bonds. The lowest BCUT2D eigenvalue weighted by molar-refractivity contribution is -0.134. The lowest BCUT2D eigenvalue weighted by Crippen LogP contribution is -2.39. The summed E-state index contributed by atoms with van der Waals surface area (Å²) in [5.41, 5.74) is 1.26. The fraction of sp³-hybridized carbons (Fsp3) is 0.588. The van der Waals surface area contributed by atoms with E-state index in [0.717, 1.165) is 18.7 Å². The summed E-state index contributed by atoms with van der Waals surface area (Å²) >= 11 is 0. The zero-order valence-electron chi connectivity index (χ0n) is 13.6. The van der Waals surface area contributed by atoms with Crippen molar-refractivity contribution in [2.75, 3.05) is 33.4 Å². The number of hydrogen-bond acceptors (Lipinski definition) is 3. The van der Waals surface area contributed by atoms with Gasteiger partial charge in [0, 0.05) is 20.2 Å². The quantitative estimate of drug-likeness (QED) is 0.703. The molecular formula is C17H27NO3. The maximum atomic E-state index is 12.2. The van der Waals surface area contributed by atoms with Gasteiger partial charge in [0.15, 0.2) is 6.61 Å². The first-order valence-electron chi connectivity index (χ1n) is 7.55. The Kier molecular flexibility index (Phi) is 7.83. The van der Waals surface area contributed by atoms with E-state index in [-0.39, 0.29) is 12.5 Å². The van der Waals surface area contributed by atoms with Crippen LogP contribution < -0.4 is 4.74 Å². The summed E-state index contributed by atoms with van der Waals surface area (Å²) in [5, 5.41) is 0. The first-order chi connectivity index (χ1) is 10.1. The minimum absolute atomic E-state index is 0.000294. The topological polar surface area (TPSA) is 38.8 Å². The molecule has 1 aromatic carbocycles. The van der Waals surface area contributed by atoms with Crippen molar-refractivity contribution in [3.63, 3.8) is 0 Å². The molecule has 0 aromatic heterocycles. The maximum Gasteiger partial charge on any atom is 0.260 e. The molecule has 0 fully saturated rings. The van der Waals surface area contributed by atoms with Crippen LogP contribution in [0, 0.1) is 5.92 Å². The van der Waals surface area contributed by atoms with Gasteiger partial charge in [0.25, 0.3) is 5.91 Å². The molecule has 0 saturated carbocycles. The van der Waals surface area contributed by atoms with E-state index in [1.165, 1.54) is 5.56 Å². The number of ether oxygens (including phenoxy) is 2. The van der Waals surface area contributed by atoms with Crippen LogP contribution in [-0.4, -0.2) is 44.2 Å². The Morgan fingerprint density at radius 3 is 2.43 bits per heavy atom. The number of aryl methyl sites for hydroxylation is 1. The molecule has 118 valence electrons. The van der Waals surface area contributed by atoms with Gasteiger partial charge in [-0.05, 0) is 30.0 Å². The van der Waals surface area contributed by atoms with E-state index in [9.17, 15) is 4.79 Å². The zero-order chi connectivity index (χ0) is 15.7. The Labute approximate surface area is 128 Å². The van der Waals surface area contributed by atoms with Gasteiger partial charge in [0.1, 0.15) is 5.75 Å². The van der Waals surface area contributed by atoms with Crippen molar-refractivity contribution < 1.29 is 14.3 Å². The molecule has 1 rings (SSSR count). The highest BCUT2D eigenvalue weighted by Crippen LogP contribution is 2.12.